The second-order valence-electron chi connectivity index (χ2n) is 6.33. The number of hydrogen-bond donors (Lipinski definition) is 1. The van der Waals surface area contributed by atoms with Crippen molar-refractivity contribution in [2.45, 2.75) is 11.4 Å². The number of carbonyl (C=O) groups is 1. The molecular formula is C18H23N3O5S. The number of ether oxygens (including phenoxy) is 1. The summed E-state index contributed by atoms with van der Waals surface area (Å²) in [5.74, 6) is 0.478. The van der Waals surface area contributed by atoms with Crippen molar-refractivity contribution >= 4 is 15.9 Å². The molecule has 1 fully saturated rings. The number of sulfonamides is 1. The number of furan rings is 1. The second kappa shape index (κ2) is 8.12. The number of methoxy groups -OCH3 is 1. The first-order chi connectivity index (χ1) is 12.9. The number of hydrogen-bond acceptors (Lipinski definition) is 6. The summed E-state index contributed by atoms with van der Waals surface area (Å²) in [6.07, 6.45) is 1.52. The minimum absolute atomic E-state index is 0.0796. The molecule has 1 amide bonds. The summed E-state index contributed by atoms with van der Waals surface area (Å²) >= 11 is 0. The number of likely N-dealkylation sites (N-methyl/N-ethyl adjacent to an activating group) is 1. The van der Waals surface area contributed by atoms with Gasteiger partial charge in [-0.25, -0.2) is 8.42 Å². The minimum atomic E-state index is -3.67. The van der Waals surface area contributed by atoms with Crippen molar-refractivity contribution in [3.05, 3.63) is 47.9 Å². The van der Waals surface area contributed by atoms with Gasteiger partial charge in [0, 0.05) is 26.2 Å². The Bertz CT molecular complexity index is 888. The zero-order valence-corrected chi connectivity index (χ0v) is 16.2. The number of carbonyl (C=O) groups excluding carboxylic acids is 1. The molecule has 2 heterocycles. The standard InChI is InChI=1S/C18H23N3O5S/c1-20-7-9-21(10-8-20)27(23,24)15-5-6-17(25-2)16(12-15)18(22)19-13-14-4-3-11-26-14/h3-6,11-12H,7-10,13H2,1-2H3,(H,19,22). The van der Waals surface area contributed by atoms with Crippen LogP contribution in [0.4, 0.5) is 0 Å². The normalized spacial score (nSPS) is 16.2. The van der Waals surface area contributed by atoms with Crippen LogP contribution < -0.4 is 10.1 Å². The van der Waals surface area contributed by atoms with Crippen molar-refractivity contribution in [1.29, 1.82) is 0 Å². The highest BCUT2D eigenvalue weighted by molar-refractivity contribution is 7.89. The van der Waals surface area contributed by atoms with Crippen LogP contribution in [0.1, 0.15) is 16.1 Å². The summed E-state index contributed by atoms with van der Waals surface area (Å²) in [6, 6.07) is 7.81. The monoisotopic (exact) mass is 393 g/mol. The van der Waals surface area contributed by atoms with Crippen LogP contribution in [0.25, 0.3) is 0 Å². The maximum absolute atomic E-state index is 12.9. The number of piperazine rings is 1. The molecule has 0 saturated carbocycles. The fraction of sp³-hybridized carbons (Fsp3) is 0.389. The van der Waals surface area contributed by atoms with Gasteiger partial charge >= 0.3 is 0 Å². The van der Waals surface area contributed by atoms with E-state index in [1.54, 1.807) is 12.1 Å². The van der Waals surface area contributed by atoms with E-state index in [2.05, 4.69) is 10.2 Å². The van der Waals surface area contributed by atoms with E-state index in [1.807, 2.05) is 7.05 Å². The van der Waals surface area contributed by atoms with Crippen molar-refractivity contribution in [2.75, 3.05) is 40.3 Å². The lowest BCUT2D eigenvalue weighted by Crippen LogP contribution is -2.47. The Morgan fingerprint density at radius 3 is 2.59 bits per heavy atom. The molecule has 0 unspecified atom stereocenters. The summed E-state index contributed by atoms with van der Waals surface area (Å²) in [6.45, 7) is 2.39. The molecule has 1 aromatic carbocycles. The van der Waals surface area contributed by atoms with Gasteiger partial charge in [0.05, 0.1) is 30.4 Å². The van der Waals surface area contributed by atoms with E-state index < -0.39 is 15.9 Å². The van der Waals surface area contributed by atoms with Gasteiger partial charge in [-0.2, -0.15) is 4.31 Å². The highest BCUT2D eigenvalue weighted by Crippen LogP contribution is 2.25. The van der Waals surface area contributed by atoms with E-state index in [-0.39, 0.29) is 17.0 Å². The fourth-order valence-electron chi connectivity index (χ4n) is 2.88. The Hall–Kier alpha value is -2.36. The molecule has 8 nitrogen and oxygen atoms in total. The highest BCUT2D eigenvalue weighted by atomic mass is 32.2. The van der Waals surface area contributed by atoms with Crippen LogP contribution in [-0.4, -0.2) is 63.9 Å². The molecule has 3 rings (SSSR count). The van der Waals surface area contributed by atoms with Crippen LogP contribution in [0.5, 0.6) is 5.75 Å². The molecule has 0 aliphatic carbocycles. The van der Waals surface area contributed by atoms with Gasteiger partial charge in [0.25, 0.3) is 5.91 Å². The maximum Gasteiger partial charge on any atom is 0.255 e. The summed E-state index contributed by atoms with van der Waals surface area (Å²) in [5, 5.41) is 2.71. The molecule has 1 aliphatic heterocycles. The van der Waals surface area contributed by atoms with Gasteiger partial charge < -0.3 is 19.4 Å². The quantitative estimate of drug-likeness (QED) is 0.792. The molecule has 27 heavy (non-hydrogen) atoms. The molecule has 0 atom stereocenters. The predicted octanol–water partition coefficient (Wildman–Crippen LogP) is 1.15. The molecule has 1 N–H and O–H groups in total. The van der Waals surface area contributed by atoms with Gasteiger partial charge in [-0.3, -0.25) is 4.79 Å². The Balaban J connectivity index is 1.83. The van der Waals surface area contributed by atoms with E-state index in [4.69, 9.17) is 9.15 Å². The molecule has 1 aliphatic rings. The Kier molecular flexibility index (Phi) is 5.83. The molecule has 0 radical (unpaired) electrons. The lowest BCUT2D eigenvalue weighted by molar-refractivity contribution is 0.0944. The van der Waals surface area contributed by atoms with Crippen LogP contribution >= 0.6 is 0 Å². The smallest absolute Gasteiger partial charge is 0.255 e. The molecular weight excluding hydrogens is 370 g/mol. The molecule has 0 spiro atoms. The van der Waals surface area contributed by atoms with Crippen molar-refractivity contribution in [1.82, 2.24) is 14.5 Å². The topological polar surface area (TPSA) is 92.1 Å². The van der Waals surface area contributed by atoms with Crippen molar-refractivity contribution < 1.29 is 22.4 Å². The minimum Gasteiger partial charge on any atom is -0.496 e. The van der Waals surface area contributed by atoms with Crippen LogP contribution in [0, 0.1) is 0 Å². The SMILES string of the molecule is COc1ccc(S(=O)(=O)N2CCN(C)CC2)cc1C(=O)NCc1ccco1. The highest BCUT2D eigenvalue weighted by Gasteiger charge is 2.28. The summed E-state index contributed by atoms with van der Waals surface area (Å²) in [5.41, 5.74) is 0.166. The molecule has 1 aromatic heterocycles. The number of nitrogens with zero attached hydrogens (tertiary/aromatic N) is 2. The molecule has 1 saturated heterocycles. The predicted molar refractivity (Wildman–Crippen MR) is 99.1 cm³/mol. The van der Waals surface area contributed by atoms with Gasteiger partial charge in [-0.15, -0.1) is 0 Å². The van der Waals surface area contributed by atoms with Crippen molar-refractivity contribution in [3.8, 4) is 5.75 Å². The lowest BCUT2D eigenvalue weighted by Gasteiger charge is -2.31. The average Bonchev–Trinajstić information content (AvgIpc) is 3.19. The summed E-state index contributed by atoms with van der Waals surface area (Å²) in [7, 11) is -0.277. The van der Waals surface area contributed by atoms with Crippen molar-refractivity contribution in [2.24, 2.45) is 0 Å². The number of benzene rings is 1. The third-order valence-electron chi connectivity index (χ3n) is 4.52. The third kappa shape index (κ3) is 4.32. The average molecular weight is 393 g/mol. The number of amides is 1. The van der Waals surface area contributed by atoms with E-state index in [0.29, 0.717) is 37.7 Å². The van der Waals surface area contributed by atoms with Gasteiger partial charge in [-0.05, 0) is 37.4 Å². The number of rotatable bonds is 6. The van der Waals surface area contributed by atoms with E-state index in [9.17, 15) is 13.2 Å². The molecule has 146 valence electrons. The first-order valence-electron chi connectivity index (χ1n) is 8.59. The molecule has 2 aromatic rings. The van der Waals surface area contributed by atoms with Crippen molar-refractivity contribution in [3.63, 3.8) is 0 Å². The zero-order valence-electron chi connectivity index (χ0n) is 15.3. The van der Waals surface area contributed by atoms with Gasteiger partial charge in [-0.1, -0.05) is 0 Å². The van der Waals surface area contributed by atoms with E-state index in [0.717, 1.165) is 0 Å². The van der Waals surface area contributed by atoms with Crippen LogP contribution in [0.15, 0.2) is 45.9 Å². The zero-order chi connectivity index (χ0) is 19.4. The molecule has 9 heteroatoms. The largest absolute Gasteiger partial charge is 0.496 e. The Morgan fingerprint density at radius 2 is 1.96 bits per heavy atom. The van der Waals surface area contributed by atoms with E-state index in [1.165, 1.54) is 35.9 Å². The van der Waals surface area contributed by atoms with Gasteiger partial charge in [0.15, 0.2) is 0 Å². The van der Waals surface area contributed by atoms with E-state index >= 15 is 0 Å². The number of nitrogens with one attached hydrogen (secondary N) is 1. The Labute approximate surface area is 158 Å². The van der Waals surface area contributed by atoms with Crippen LogP contribution in [-0.2, 0) is 16.6 Å². The summed E-state index contributed by atoms with van der Waals surface area (Å²) < 4.78 is 37.7. The maximum atomic E-state index is 12.9. The fourth-order valence-corrected chi connectivity index (χ4v) is 4.33. The van der Waals surface area contributed by atoms with Gasteiger partial charge in [0.2, 0.25) is 10.0 Å². The Morgan fingerprint density at radius 1 is 1.22 bits per heavy atom. The first kappa shape index (κ1) is 19.4. The van der Waals surface area contributed by atoms with Crippen LogP contribution in [0.3, 0.4) is 0 Å². The van der Waals surface area contributed by atoms with Gasteiger partial charge in [0.1, 0.15) is 11.5 Å². The third-order valence-corrected chi connectivity index (χ3v) is 6.41. The first-order valence-corrected chi connectivity index (χ1v) is 10.0. The van der Waals surface area contributed by atoms with Crippen LogP contribution in [0.2, 0.25) is 0 Å². The second-order valence-corrected chi connectivity index (χ2v) is 8.27. The molecule has 0 bridgehead atoms. The lowest BCUT2D eigenvalue weighted by atomic mass is 10.2. The summed E-state index contributed by atoms with van der Waals surface area (Å²) in [4.78, 5) is 14.7.